The molecule has 94 valence electrons. The number of halogens is 1. The number of hydrogen-bond acceptors (Lipinski definition) is 3. The summed E-state index contributed by atoms with van der Waals surface area (Å²) in [6, 6.07) is 1.65. The highest BCUT2D eigenvalue weighted by Gasteiger charge is 2.34. The SMILES string of the molecule is CCC(C)(NC(=O)c1oc(Br)cc1C)C(=O)O. The first-order valence-corrected chi connectivity index (χ1v) is 5.91. The van der Waals surface area contributed by atoms with E-state index in [1.54, 1.807) is 19.9 Å². The molecule has 5 nitrogen and oxygen atoms in total. The van der Waals surface area contributed by atoms with Gasteiger partial charge < -0.3 is 14.8 Å². The molecule has 1 amide bonds. The van der Waals surface area contributed by atoms with Crippen LogP contribution in [0.4, 0.5) is 0 Å². The number of carboxylic acid groups (broad SMARTS) is 1. The number of aliphatic carboxylic acids is 1. The molecule has 0 aliphatic carbocycles. The van der Waals surface area contributed by atoms with Crippen LogP contribution in [0.15, 0.2) is 15.2 Å². The van der Waals surface area contributed by atoms with Crippen LogP contribution >= 0.6 is 15.9 Å². The summed E-state index contributed by atoms with van der Waals surface area (Å²) >= 11 is 3.11. The van der Waals surface area contributed by atoms with E-state index in [4.69, 9.17) is 9.52 Å². The zero-order chi connectivity index (χ0) is 13.2. The topological polar surface area (TPSA) is 79.5 Å². The van der Waals surface area contributed by atoms with Gasteiger partial charge in [0, 0.05) is 5.56 Å². The quantitative estimate of drug-likeness (QED) is 0.894. The molecule has 17 heavy (non-hydrogen) atoms. The maximum Gasteiger partial charge on any atom is 0.329 e. The lowest BCUT2D eigenvalue weighted by Crippen LogP contribution is -2.51. The molecule has 0 radical (unpaired) electrons. The van der Waals surface area contributed by atoms with E-state index in [0.717, 1.165) is 0 Å². The molecule has 0 spiro atoms. The molecule has 1 atom stereocenters. The van der Waals surface area contributed by atoms with Crippen LogP contribution in [0.2, 0.25) is 0 Å². The van der Waals surface area contributed by atoms with Gasteiger partial charge in [0.25, 0.3) is 5.91 Å². The Labute approximate surface area is 107 Å². The monoisotopic (exact) mass is 303 g/mol. The molecule has 2 N–H and O–H groups in total. The van der Waals surface area contributed by atoms with Gasteiger partial charge in [-0.1, -0.05) is 6.92 Å². The van der Waals surface area contributed by atoms with Gasteiger partial charge in [-0.3, -0.25) is 4.79 Å². The molecular formula is C11H14BrNO4. The Morgan fingerprint density at radius 2 is 2.18 bits per heavy atom. The number of carbonyl (C=O) groups excluding carboxylic acids is 1. The first-order chi connectivity index (χ1) is 7.80. The van der Waals surface area contributed by atoms with Crippen LogP contribution in [0, 0.1) is 6.92 Å². The normalized spacial score (nSPS) is 14.1. The van der Waals surface area contributed by atoms with Gasteiger partial charge in [-0.15, -0.1) is 0 Å². The number of carboxylic acids is 1. The third kappa shape index (κ3) is 2.88. The van der Waals surface area contributed by atoms with Crippen molar-refractivity contribution in [3.05, 3.63) is 22.1 Å². The second kappa shape index (κ2) is 4.91. The number of aryl methyl sites for hydroxylation is 1. The third-order valence-electron chi connectivity index (χ3n) is 2.66. The zero-order valence-corrected chi connectivity index (χ0v) is 11.4. The third-order valence-corrected chi connectivity index (χ3v) is 3.05. The Balaban J connectivity index is 2.93. The molecule has 0 fully saturated rings. The lowest BCUT2D eigenvalue weighted by Gasteiger charge is -2.24. The summed E-state index contributed by atoms with van der Waals surface area (Å²) in [6.45, 7) is 4.87. The number of rotatable bonds is 4. The Morgan fingerprint density at radius 1 is 1.59 bits per heavy atom. The molecule has 0 saturated heterocycles. The summed E-state index contributed by atoms with van der Waals surface area (Å²) in [5.41, 5.74) is -0.638. The van der Waals surface area contributed by atoms with Crippen LogP contribution in [0.1, 0.15) is 36.4 Å². The van der Waals surface area contributed by atoms with E-state index in [1.165, 1.54) is 6.92 Å². The van der Waals surface area contributed by atoms with Gasteiger partial charge in [0.2, 0.25) is 0 Å². The Hall–Kier alpha value is -1.30. The van der Waals surface area contributed by atoms with E-state index >= 15 is 0 Å². The Bertz CT molecular complexity index is 454. The molecular weight excluding hydrogens is 290 g/mol. The molecule has 1 aromatic rings. The first kappa shape index (κ1) is 13.8. The van der Waals surface area contributed by atoms with Crippen molar-refractivity contribution >= 4 is 27.8 Å². The fraction of sp³-hybridized carbons (Fsp3) is 0.455. The maximum absolute atomic E-state index is 11.9. The van der Waals surface area contributed by atoms with Crippen molar-refractivity contribution in [2.24, 2.45) is 0 Å². The highest BCUT2D eigenvalue weighted by molar-refractivity contribution is 9.10. The van der Waals surface area contributed by atoms with Crippen LogP contribution in [-0.2, 0) is 4.79 Å². The van der Waals surface area contributed by atoms with E-state index in [0.29, 0.717) is 10.2 Å². The number of carbonyl (C=O) groups is 2. The maximum atomic E-state index is 11.9. The second-order valence-corrected chi connectivity index (χ2v) is 4.79. The van der Waals surface area contributed by atoms with E-state index in [9.17, 15) is 9.59 Å². The fourth-order valence-corrected chi connectivity index (χ4v) is 1.77. The minimum Gasteiger partial charge on any atom is -0.480 e. The minimum atomic E-state index is -1.29. The van der Waals surface area contributed by atoms with Crippen LogP contribution in [0.25, 0.3) is 0 Å². The smallest absolute Gasteiger partial charge is 0.329 e. The van der Waals surface area contributed by atoms with Gasteiger partial charge >= 0.3 is 5.97 Å². The molecule has 1 rings (SSSR count). The summed E-state index contributed by atoms with van der Waals surface area (Å²) in [7, 11) is 0. The van der Waals surface area contributed by atoms with Gasteiger partial charge in [0.05, 0.1) is 0 Å². The summed E-state index contributed by atoms with van der Waals surface area (Å²) in [6.07, 6.45) is 0.287. The average Bonchev–Trinajstić information content (AvgIpc) is 2.57. The van der Waals surface area contributed by atoms with Crippen molar-refractivity contribution in [3.63, 3.8) is 0 Å². The van der Waals surface area contributed by atoms with E-state index in [-0.39, 0.29) is 12.2 Å². The number of hydrogen-bond donors (Lipinski definition) is 2. The summed E-state index contributed by atoms with van der Waals surface area (Å²) in [4.78, 5) is 22.9. The molecule has 0 aromatic carbocycles. The van der Waals surface area contributed by atoms with Gasteiger partial charge in [-0.05, 0) is 42.3 Å². The van der Waals surface area contributed by atoms with Crippen LogP contribution < -0.4 is 5.32 Å². The summed E-state index contributed by atoms with van der Waals surface area (Å²) in [5.74, 6) is -1.48. The van der Waals surface area contributed by atoms with Crippen molar-refractivity contribution in [3.8, 4) is 0 Å². The van der Waals surface area contributed by atoms with Crippen molar-refractivity contribution in [2.75, 3.05) is 0 Å². The Kier molecular flexibility index (Phi) is 3.98. The Morgan fingerprint density at radius 3 is 2.53 bits per heavy atom. The number of nitrogens with one attached hydrogen (secondary N) is 1. The standard InChI is InChI=1S/C11H14BrNO4/c1-4-11(3,10(15)16)13-9(14)8-6(2)5-7(12)17-8/h5H,4H2,1-3H3,(H,13,14)(H,15,16). The average molecular weight is 304 g/mol. The highest BCUT2D eigenvalue weighted by atomic mass is 79.9. The summed E-state index contributed by atoms with van der Waals surface area (Å²) < 4.78 is 5.60. The predicted octanol–water partition coefficient (Wildman–Crippen LogP) is 2.33. The van der Waals surface area contributed by atoms with Crippen molar-refractivity contribution in [1.29, 1.82) is 0 Å². The van der Waals surface area contributed by atoms with E-state index in [1.807, 2.05) is 0 Å². The van der Waals surface area contributed by atoms with Crippen molar-refractivity contribution < 1.29 is 19.1 Å². The minimum absolute atomic E-state index is 0.123. The fourth-order valence-electron chi connectivity index (χ4n) is 1.27. The van der Waals surface area contributed by atoms with Gasteiger partial charge in [-0.25, -0.2) is 4.79 Å². The van der Waals surface area contributed by atoms with Crippen LogP contribution in [0.3, 0.4) is 0 Å². The number of furan rings is 1. The molecule has 0 aliphatic rings. The second-order valence-electron chi connectivity index (χ2n) is 4.01. The molecule has 0 aliphatic heterocycles. The van der Waals surface area contributed by atoms with Crippen LogP contribution in [0.5, 0.6) is 0 Å². The molecule has 1 unspecified atom stereocenters. The van der Waals surface area contributed by atoms with E-state index < -0.39 is 17.4 Å². The van der Waals surface area contributed by atoms with Crippen LogP contribution in [-0.4, -0.2) is 22.5 Å². The largest absolute Gasteiger partial charge is 0.480 e. The molecule has 1 aromatic heterocycles. The van der Waals surface area contributed by atoms with Gasteiger partial charge in [-0.2, -0.15) is 0 Å². The molecule has 6 heteroatoms. The number of amides is 1. The van der Waals surface area contributed by atoms with Gasteiger partial charge in [0.15, 0.2) is 10.4 Å². The highest BCUT2D eigenvalue weighted by Crippen LogP contribution is 2.20. The zero-order valence-electron chi connectivity index (χ0n) is 9.83. The molecule has 0 bridgehead atoms. The first-order valence-electron chi connectivity index (χ1n) is 5.12. The van der Waals surface area contributed by atoms with Crippen molar-refractivity contribution in [2.45, 2.75) is 32.7 Å². The predicted molar refractivity (Wildman–Crippen MR) is 64.9 cm³/mol. The lowest BCUT2D eigenvalue weighted by atomic mass is 9.99. The molecule has 1 heterocycles. The van der Waals surface area contributed by atoms with E-state index in [2.05, 4.69) is 21.2 Å². The van der Waals surface area contributed by atoms with Crippen molar-refractivity contribution in [1.82, 2.24) is 5.32 Å². The molecule has 0 saturated carbocycles. The lowest BCUT2D eigenvalue weighted by molar-refractivity contribution is -0.143. The summed E-state index contributed by atoms with van der Waals surface area (Å²) in [5, 5.41) is 11.5. The van der Waals surface area contributed by atoms with Gasteiger partial charge in [0.1, 0.15) is 5.54 Å².